The summed E-state index contributed by atoms with van der Waals surface area (Å²) in [7, 11) is 0. The Bertz CT molecular complexity index is 369. The molecule has 0 aliphatic rings. The topological polar surface area (TPSA) is 62.5 Å². The number of aryl methyl sites for hydroxylation is 1. The molecular weight excluding hydrogens is 206 g/mol. The molecule has 0 amide bonds. The number of aromatic hydroxyl groups is 2. The van der Waals surface area contributed by atoms with Crippen LogP contribution in [0.4, 0.5) is 0 Å². The molecule has 0 fully saturated rings. The van der Waals surface area contributed by atoms with Crippen LogP contribution >= 0.6 is 0 Å². The molecule has 0 unspecified atom stereocenters. The lowest BCUT2D eigenvalue weighted by atomic mass is 10.1. The van der Waals surface area contributed by atoms with E-state index in [4.69, 9.17) is 0 Å². The summed E-state index contributed by atoms with van der Waals surface area (Å²) in [6.45, 7) is 3.93. The van der Waals surface area contributed by atoms with Crippen molar-refractivity contribution in [2.75, 3.05) is 0 Å². The monoisotopic (exact) mass is 225 g/mol. The van der Waals surface area contributed by atoms with Crippen LogP contribution in [0.1, 0.15) is 38.2 Å². The lowest BCUT2D eigenvalue weighted by molar-refractivity contribution is -0.117. The third kappa shape index (κ3) is 3.29. The highest BCUT2D eigenvalue weighted by Gasteiger charge is 2.09. The van der Waals surface area contributed by atoms with Crippen molar-refractivity contribution in [3.63, 3.8) is 0 Å². The Kier molecular flexibility index (Phi) is 4.40. The Hall–Kier alpha value is -1.45. The molecule has 0 radical (unpaired) electrons. The second kappa shape index (κ2) is 5.58. The summed E-state index contributed by atoms with van der Waals surface area (Å²) in [5.74, 6) is 0.438. The summed E-state index contributed by atoms with van der Waals surface area (Å²) in [6.07, 6.45) is 3.26. The number of unbranched alkanes of at least 4 members (excludes halogenated alkanes) is 2. The molecule has 0 saturated heterocycles. The first-order valence-electron chi connectivity index (χ1n) is 5.60. The van der Waals surface area contributed by atoms with E-state index in [1.807, 2.05) is 0 Å². The van der Waals surface area contributed by atoms with Crippen LogP contribution in [0.3, 0.4) is 0 Å². The number of hydrogen-bond donors (Lipinski definition) is 2. The van der Waals surface area contributed by atoms with Crippen molar-refractivity contribution in [2.24, 2.45) is 0 Å². The predicted octanol–water partition coefficient (Wildman–Crippen LogP) is 2.36. The molecule has 0 aromatic carbocycles. The van der Waals surface area contributed by atoms with E-state index >= 15 is 0 Å². The van der Waals surface area contributed by atoms with E-state index in [9.17, 15) is 15.0 Å². The van der Waals surface area contributed by atoms with Gasteiger partial charge in [0.2, 0.25) is 0 Å². The standard InChI is InChI=1S/C12H19NO3/c1-9-8-11(15)13(12(9)16)7-5-3-4-6-10(2)14/h8,15-16H,3-7H2,1-2H3. The Morgan fingerprint density at radius 1 is 1.31 bits per heavy atom. The lowest BCUT2D eigenvalue weighted by Crippen LogP contribution is -1.97. The van der Waals surface area contributed by atoms with Gasteiger partial charge in [-0.25, -0.2) is 0 Å². The molecule has 1 rings (SSSR count). The van der Waals surface area contributed by atoms with Crippen molar-refractivity contribution in [1.29, 1.82) is 0 Å². The van der Waals surface area contributed by atoms with Crippen molar-refractivity contribution >= 4 is 5.78 Å². The van der Waals surface area contributed by atoms with Crippen molar-refractivity contribution < 1.29 is 15.0 Å². The number of Topliss-reactive ketones (excluding diaryl/α,β-unsaturated/α-hetero) is 1. The molecule has 0 aliphatic carbocycles. The molecule has 0 atom stereocenters. The highest BCUT2D eigenvalue weighted by atomic mass is 16.3. The molecule has 4 heteroatoms. The first-order chi connectivity index (χ1) is 7.52. The minimum Gasteiger partial charge on any atom is -0.494 e. The van der Waals surface area contributed by atoms with E-state index in [0.29, 0.717) is 18.5 Å². The quantitative estimate of drug-likeness (QED) is 0.730. The van der Waals surface area contributed by atoms with E-state index in [-0.39, 0.29) is 17.5 Å². The maximum absolute atomic E-state index is 10.7. The van der Waals surface area contributed by atoms with Crippen LogP contribution < -0.4 is 0 Å². The average Bonchev–Trinajstić information content (AvgIpc) is 2.43. The third-order valence-corrected chi connectivity index (χ3v) is 2.64. The number of carbonyl (C=O) groups excluding carboxylic acids is 1. The number of ketones is 1. The SMILES string of the molecule is CC(=O)CCCCCn1c(O)cc(C)c1O. The molecule has 1 aromatic heterocycles. The van der Waals surface area contributed by atoms with Gasteiger partial charge in [-0.15, -0.1) is 0 Å². The highest BCUT2D eigenvalue weighted by molar-refractivity contribution is 5.75. The summed E-state index contributed by atoms with van der Waals surface area (Å²) >= 11 is 0. The smallest absolute Gasteiger partial charge is 0.196 e. The van der Waals surface area contributed by atoms with E-state index in [0.717, 1.165) is 19.3 Å². The van der Waals surface area contributed by atoms with Gasteiger partial charge in [-0.2, -0.15) is 0 Å². The predicted molar refractivity (Wildman–Crippen MR) is 61.6 cm³/mol. The van der Waals surface area contributed by atoms with Crippen LogP contribution in [-0.4, -0.2) is 20.6 Å². The van der Waals surface area contributed by atoms with Gasteiger partial charge in [-0.1, -0.05) is 6.42 Å². The molecule has 1 aromatic rings. The van der Waals surface area contributed by atoms with Gasteiger partial charge in [0.1, 0.15) is 5.78 Å². The maximum atomic E-state index is 10.7. The molecule has 4 nitrogen and oxygen atoms in total. The summed E-state index contributed by atoms with van der Waals surface area (Å²) in [4.78, 5) is 10.7. The number of nitrogens with zero attached hydrogens (tertiary/aromatic N) is 1. The zero-order valence-electron chi connectivity index (χ0n) is 9.86. The highest BCUT2D eigenvalue weighted by Crippen LogP contribution is 2.26. The molecule has 0 bridgehead atoms. The van der Waals surface area contributed by atoms with Crippen molar-refractivity contribution in [2.45, 2.75) is 46.1 Å². The first kappa shape index (κ1) is 12.6. The minimum atomic E-state index is 0.0987. The van der Waals surface area contributed by atoms with Crippen LogP contribution in [0.15, 0.2) is 6.07 Å². The van der Waals surface area contributed by atoms with Crippen LogP contribution in [0.2, 0.25) is 0 Å². The molecular formula is C12H19NO3. The largest absolute Gasteiger partial charge is 0.494 e. The van der Waals surface area contributed by atoms with Crippen LogP contribution in [0, 0.1) is 6.92 Å². The Labute approximate surface area is 95.5 Å². The van der Waals surface area contributed by atoms with Gasteiger partial charge >= 0.3 is 0 Å². The summed E-state index contributed by atoms with van der Waals surface area (Å²) in [5, 5.41) is 19.1. The van der Waals surface area contributed by atoms with E-state index in [1.165, 1.54) is 4.57 Å². The fourth-order valence-corrected chi connectivity index (χ4v) is 1.70. The molecule has 2 N–H and O–H groups in total. The fourth-order valence-electron chi connectivity index (χ4n) is 1.70. The molecule has 1 heterocycles. The van der Waals surface area contributed by atoms with Crippen LogP contribution in [0.5, 0.6) is 11.8 Å². The second-order valence-corrected chi connectivity index (χ2v) is 4.17. The van der Waals surface area contributed by atoms with Crippen LogP contribution in [-0.2, 0) is 11.3 Å². The minimum absolute atomic E-state index is 0.0987. The van der Waals surface area contributed by atoms with Gasteiger partial charge < -0.3 is 15.0 Å². The van der Waals surface area contributed by atoms with Gasteiger partial charge in [0, 0.05) is 24.6 Å². The van der Waals surface area contributed by atoms with Gasteiger partial charge in [-0.05, 0) is 26.7 Å². The Balaban J connectivity index is 2.34. The zero-order valence-corrected chi connectivity index (χ0v) is 9.86. The summed E-state index contributed by atoms with van der Waals surface area (Å²) < 4.78 is 1.49. The van der Waals surface area contributed by atoms with Crippen molar-refractivity contribution in [3.8, 4) is 11.8 Å². The third-order valence-electron chi connectivity index (χ3n) is 2.64. The molecule has 16 heavy (non-hydrogen) atoms. The Morgan fingerprint density at radius 3 is 2.50 bits per heavy atom. The van der Waals surface area contributed by atoms with E-state index < -0.39 is 0 Å². The normalized spacial score (nSPS) is 10.6. The molecule has 0 aliphatic heterocycles. The number of carbonyl (C=O) groups is 1. The van der Waals surface area contributed by atoms with Gasteiger partial charge in [0.05, 0.1) is 0 Å². The summed E-state index contributed by atoms with van der Waals surface area (Å²) in [5.41, 5.74) is 0.682. The van der Waals surface area contributed by atoms with Crippen molar-refractivity contribution in [3.05, 3.63) is 11.6 Å². The number of rotatable bonds is 6. The van der Waals surface area contributed by atoms with Gasteiger partial charge in [0.25, 0.3) is 0 Å². The molecule has 90 valence electrons. The summed E-state index contributed by atoms with van der Waals surface area (Å²) in [6, 6.07) is 1.55. The fraction of sp³-hybridized carbons (Fsp3) is 0.583. The average molecular weight is 225 g/mol. The maximum Gasteiger partial charge on any atom is 0.196 e. The van der Waals surface area contributed by atoms with Gasteiger partial charge in [0.15, 0.2) is 11.8 Å². The first-order valence-corrected chi connectivity index (χ1v) is 5.60. The van der Waals surface area contributed by atoms with Gasteiger partial charge in [-0.3, -0.25) is 4.57 Å². The number of aromatic nitrogens is 1. The molecule has 0 spiro atoms. The zero-order chi connectivity index (χ0) is 12.1. The number of hydrogen-bond acceptors (Lipinski definition) is 3. The van der Waals surface area contributed by atoms with E-state index in [2.05, 4.69) is 0 Å². The second-order valence-electron chi connectivity index (χ2n) is 4.17. The van der Waals surface area contributed by atoms with Crippen molar-refractivity contribution in [1.82, 2.24) is 4.57 Å². The lowest BCUT2D eigenvalue weighted by Gasteiger charge is -2.06. The van der Waals surface area contributed by atoms with E-state index in [1.54, 1.807) is 19.9 Å². The van der Waals surface area contributed by atoms with Crippen LogP contribution in [0.25, 0.3) is 0 Å². The Morgan fingerprint density at radius 2 is 2.00 bits per heavy atom. The molecule has 0 saturated carbocycles.